The Bertz CT molecular complexity index is 884. The third kappa shape index (κ3) is 3.77. The van der Waals surface area contributed by atoms with E-state index in [1.165, 1.54) is 6.07 Å². The Balaban J connectivity index is 1.93. The van der Waals surface area contributed by atoms with Gasteiger partial charge in [0.15, 0.2) is 6.29 Å². The number of aliphatic hydroxyl groups is 4. The van der Waals surface area contributed by atoms with E-state index in [4.69, 9.17) is 14.3 Å². The molecule has 5 N–H and O–H groups in total. The fourth-order valence-electron chi connectivity index (χ4n) is 2.93. The van der Waals surface area contributed by atoms with Crippen molar-refractivity contribution in [3.63, 3.8) is 0 Å². The molecule has 0 bridgehead atoms. The molecule has 8 nitrogen and oxygen atoms in total. The van der Waals surface area contributed by atoms with E-state index in [0.29, 0.717) is 6.07 Å². The summed E-state index contributed by atoms with van der Waals surface area (Å²) in [4.78, 5) is 11.4. The van der Waals surface area contributed by atoms with Gasteiger partial charge < -0.3 is 34.9 Å². The van der Waals surface area contributed by atoms with Crippen LogP contribution in [0.1, 0.15) is 5.56 Å². The van der Waals surface area contributed by atoms with Gasteiger partial charge in [-0.1, -0.05) is 0 Å². The Morgan fingerprint density at radius 1 is 1.11 bits per heavy atom. The van der Waals surface area contributed by atoms with Crippen LogP contribution in [0.15, 0.2) is 33.5 Å². The number of nitrogens with one attached hydrogen (secondary N) is 1. The molecular formula is C16H16F3NO7. The van der Waals surface area contributed by atoms with E-state index >= 15 is 0 Å². The number of hydrogen-bond acceptors (Lipinski definition) is 8. The normalized spacial score (nSPS) is 29.1. The van der Waals surface area contributed by atoms with Gasteiger partial charge in [0.1, 0.15) is 29.9 Å². The van der Waals surface area contributed by atoms with Crippen molar-refractivity contribution in [1.29, 1.82) is 0 Å². The highest BCUT2D eigenvalue weighted by molar-refractivity contribution is 5.84. The lowest BCUT2D eigenvalue weighted by atomic mass is 9.96. The van der Waals surface area contributed by atoms with Crippen LogP contribution >= 0.6 is 0 Å². The van der Waals surface area contributed by atoms with E-state index in [1.807, 2.05) is 0 Å². The maximum absolute atomic E-state index is 13.1. The zero-order valence-corrected chi connectivity index (χ0v) is 13.6. The maximum Gasteiger partial charge on any atom is 0.417 e. The number of fused-ring (bicyclic) bond motifs is 1. The van der Waals surface area contributed by atoms with Crippen LogP contribution in [0.2, 0.25) is 0 Å². The summed E-state index contributed by atoms with van der Waals surface area (Å²) < 4.78 is 49.0. The molecule has 1 aromatic heterocycles. The first-order valence-electron chi connectivity index (χ1n) is 7.84. The van der Waals surface area contributed by atoms with Gasteiger partial charge in [-0.25, -0.2) is 4.79 Å². The second-order valence-electron chi connectivity index (χ2n) is 6.09. The standard InChI is InChI=1S/C16H16F3NO7/c17-16(18,19)8-4-11(22)26-9-3-6(1-2-7(8)9)20-12-14(24)13(23)10(5-21)27-15(12)25/h1-4,10,12-15,20-21,23-25H,5H2/t10?,12?,13-,14-,15-/m1/s1/i17-1. The lowest BCUT2D eigenvalue weighted by Crippen LogP contribution is -2.61. The summed E-state index contributed by atoms with van der Waals surface area (Å²) in [6, 6.07) is 2.48. The molecule has 11 heteroatoms. The minimum Gasteiger partial charge on any atom is -0.423 e. The average molecular weight is 390 g/mol. The first kappa shape index (κ1) is 19.6. The summed E-state index contributed by atoms with van der Waals surface area (Å²) in [6.45, 7) is -0.636. The molecule has 0 aliphatic carbocycles. The molecule has 27 heavy (non-hydrogen) atoms. The summed E-state index contributed by atoms with van der Waals surface area (Å²) in [5.74, 6) is 0. The first-order valence-corrected chi connectivity index (χ1v) is 7.84. The van der Waals surface area contributed by atoms with Crippen LogP contribution in [0, 0.1) is 0 Å². The predicted molar refractivity (Wildman–Crippen MR) is 84.9 cm³/mol. The highest BCUT2D eigenvalue weighted by atomic mass is 19.3. The minimum atomic E-state index is -4.75. The van der Waals surface area contributed by atoms with Gasteiger partial charge in [0.05, 0.1) is 12.2 Å². The molecule has 5 atom stereocenters. The van der Waals surface area contributed by atoms with Gasteiger partial charge >= 0.3 is 11.8 Å². The molecule has 1 saturated heterocycles. The van der Waals surface area contributed by atoms with Crippen molar-refractivity contribution >= 4 is 16.7 Å². The third-order valence-corrected chi connectivity index (χ3v) is 4.28. The largest absolute Gasteiger partial charge is 0.423 e. The molecule has 1 fully saturated rings. The average Bonchev–Trinajstić information content (AvgIpc) is 2.60. The van der Waals surface area contributed by atoms with E-state index in [2.05, 4.69) is 5.32 Å². The summed E-state index contributed by atoms with van der Waals surface area (Å²) in [5, 5.41) is 41.2. The van der Waals surface area contributed by atoms with Gasteiger partial charge in [-0.05, 0) is 12.1 Å². The molecular weight excluding hydrogens is 374 g/mol. The maximum atomic E-state index is 13.1. The van der Waals surface area contributed by atoms with Crippen LogP contribution in [0.5, 0.6) is 0 Å². The van der Waals surface area contributed by atoms with Crippen LogP contribution in [0.4, 0.5) is 18.9 Å². The Kier molecular flexibility index (Phi) is 5.14. The topological polar surface area (TPSA) is 132 Å². The quantitative estimate of drug-likeness (QED) is 0.464. The Labute approximate surface area is 149 Å². The number of benzene rings is 1. The number of hydrogen-bond donors (Lipinski definition) is 5. The van der Waals surface area contributed by atoms with Crippen LogP contribution < -0.4 is 10.9 Å². The van der Waals surface area contributed by atoms with E-state index in [-0.39, 0.29) is 16.7 Å². The Morgan fingerprint density at radius 2 is 1.81 bits per heavy atom. The first-order chi connectivity index (χ1) is 12.6. The van der Waals surface area contributed by atoms with Crippen molar-refractivity contribution in [1.82, 2.24) is 0 Å². The van der Waals surface area contributed by atoms with Crippen molar-refractivity contribution in [3.05, 3.63) is 40.2 Å². The van der Waals surface area contributed by atoms with Gasteiger partial charge in [-0.15, -0.1) is 0 Å². The fraction of sp³-hybridized carbons (Fsp3) is 0.438. The number of aliphatic hydroxyl groups excluding tert-OH is 4. The van der Waals surface area contributed by atoms with Gasteiger partial charge in [-0.3, -0.25) is 0 Å². The lowest BCUT2D eigenvalue weighted by molar-refractivity contribution is -0.245. The summed E-state index contributed by atoms with van der Waals surface area (Å²) >= 11 is 0. The zero-order valence-electron chi connectivity index (χ0n) is 13.6. The molecule has 2 unspecified atom stereocenters. The number of ether oxygens (including phenoxy) is 1. The van der Waals surface area contributed by atoms with Crippen LogP contribution in [-0.4, -0.2) is 57.7 Å². The summed E-state index contributed by atoms with van der Waals surface area (Å²) in [5.41, 5.74) is -2.59. The molecule has 1 aliphatic heterocycles. The molecule has 1 aliphatic rings. The van der Waals surface area contributed by atoms with Crippen molar-refractivity contribution in [2.75, 3.05) is 11.9 Å². The van der Waals surface area contributed by atoms with Crippen molar-refractivity contribution in [2.24, 2.45) is 0 Å². The van der Waals surface area contributed by atoms with Crippen LogP contribution in [0.3, 0.4) is 0 Å². The Morgan fingerprint density at radius 3 is 2.44 bits per heavy atom. The second kappa shape index (κ2) is 7.09. The van der Waals surface area contributed by atoms with Crippen molar-refractivity contribution < 1.29 is 42.8 Å². The lowest BCUT2D eigenvalue weighted by Gasteiger charge is -2.40. The van der Waals surface area contributed by atoms with E-state index in [1.54, 1.807) is 0 Å². The molecule has 0 saturated carbocycles. The van der Waals surface area contributed by atoms with Crippen molar-refractivity contribution in [3.8, 4) is 0 Å². The smallest absolute Gasteiger partial charge is 0.417 e. The molecule has 0 spiro atoms. The van der Waals surface area contributed by atoms with Gasteiger partial charge in [0.2, 0.25) is 0 Å². The van der Waals surface area contributed by atoms with E-state index in [0.717, 1.165) is 12.1 Å². The van der Waals surface area contributed by atoms with Gasteiger partial charge in [0.25, 0.3) is 0 Å². The molecule has 148 valence electrons. The highest BCUT2D eigenvalue weighted by Crippen LogP contribution is 2.35. The number of rotatable bonds is 3. The predicted octanol–water partition coefficient (Wildman–Crippen LogP) is 0.0236. The van der Waals surface area contributed by atoms with E-state index in [9.17, 15) is 33.3 Å². The molecule has 2 aromatic rings. The molecule has 0 radical (unpaired) electrons. The number of alkyl halides is 3. The van der Waals surface area contributed by atoms with Crippen molar-refractivity contribution in [2.45, 2.75) is 36.8 Å². The zero-order chi connectivity index (χ0) is 19.9. The monoisotopic (exact) mass is 390 g/mol. The number of halogens is 3. The summed E-state index contributed by atoms with van der Waals surface area (Å²) in [6.07, 6.45) is -10.6. The number of anilines is 1. The van der Waals surface area contributed by atoms with Gasteiger partial charge in [-0.2, -0.15) is 13.2 Å². The second-order valence-corrected chi connectivity index (χ2v) is 6.09. The minimum absolute atomic E-state index is 0.103. The molecule has 3 rings (SSSR count). The SMILES string of the molecule is O=c1cc(C(F)(F)[18F])c2ccc(NC3[C@H](O)OC(CO)[C@@H](O)[C@@H]3O)cc2o1. The fourth-order valence-corrected chi connectivity index (χ4v) is 2.93. The summed E-state index contributed by atoms with van der Waals surface area (Å²) in [7, 11) is 0. The van der Waals surface area contributed by atoms with Crippen LogP contribution in [0.25, 0.3) is 11.0 Å². The molecule has 2 heterocycles. The van der Waals surface area contributed by atoms with E-state index < -0.39 is 54.6 Å². The highest BCUT2D eigenvalue weighted by Gasteiger charge is 2.43. The molecule has 0 amide bonds. The Hall–Kier alpha value is -2.18. The third-order valence-electron chi connectivity index (χ3n) is 4.28. The molecule has 1 aromatic carbocycles. The van der Waals surface area contributed by atoms with Gasteiger partial charge in [0, 0.05) is 23.2 Å². The van der Waals surface area contributed by atoms with Crippen LogP contribution in [-0.2, 0) is 10.9 Å².